The van der Waals surface area contributed by atoms with E-state index < -0.39 is 0 Å². The molecule has 1 saturated heterocycles. The first-order valence-electron chi connectivity index (χ1n) is 7.32. The highest BCUT2D eigenvalue weighted by Gasteiger charge is 2.22. The molecule has 0 spiro atoms. The summed E-state index contributed by atoms with van der Waals surface area (Å²) in [5, 5.41) is 0. The standard InChI is InChI=1S/C16H24N2OS/c1-12-7-8-18(11-13(12)2)9-10-19-15-6-4-3-5-14(15)16(17)20/h3-6,12-13H,7-11H2,1-2H3,(H2,17,20). The third-order valence-corrected chi connectivity index (χ3v) is 4.46. The molecule has 1 aromatic carbocycles. The normalized spacial score (nSPS) is 23.5. The van der Waals surface area contributed by atoms with Crippen LogP contribution in [-0.4, -0.2) is 36.1 Å². The Balaban J connectivity index is 1.83. The second kappa shape index (κ2) is 7.04. The van der Waals surface area contributed by atoms with Crippen LogP contribution in [0.3, 0.4) is 0 Å². The summed E-state index contributed by atoms with van der Waals surface area (Å²) < 4.78 is 5.85. The number of rotatable bonds is 5. The van der Waals surface area contributed by atoms with Crippen molar-refractivity contribution < 1.29 is 4.74 Å². The number of thiocarbonyl (C=S) groups is 1. The SMILES string of the molecule is CC1CCN(CCOc2ccccc2C(N)=S)CC1C. The van der Waals surface area contributed by atoms with Gasteiger partial charge < -0.3 is 10.5 Å². The lowest BCUT2D eigenvalue weighted by atomic mass is 9.89. The van der Waals surface area contributed by atoms with Crippen LogP contribution in [0.5, 0.6) is 5.75 Å². The van der Waals surface area contributed by atoms with Gasteiger partial charge in [-0.2, -0.15) is 0 Å². The number of benzene rings is 1. The predicted molar refractivity (Wildman–Crippen MR) is 87.2 cm³/mol. The van der Waals surface area contributed by atoms with Crippen molar-refractivity contribution in [3.05, 3.63) is 29.8 Å². The summed E-state index contributed by atoms with van der Waals surface area (Å²) in [6.45, 7) is 8.66. The fourth-order valence-electron chi connectivity index (χ4n) is 2.63. The van der Waals surface area contributed by atoms with E-state index in [4.69, 9.17) is 22.7 Å². The van der Waals surface area contributed by atoms with E-state index in [1.54, 1.807) is 0 Å². The first-order chi connectivity index (χ1) is 9.58. The number of hydrogen-bond donors (Lipinski definition) is 1. The summed E-state index contributed by atoms with van der Waals surface area (Å²) in [4.78, 5) is 2.87. The van der Waals surface area contributed by atoms with E-state index in [0.29, 0.717) is 11.6 Å². The largest absolute Gasteiger partial charge is 0.492 e. The van der Waals surface area contributed by atoms with Crippen molar-refractivity contribution in [2.75, 3.05) is 26.2 Å². The molecule has 0 amide bonds. The maximum Gasteiger partial charge on any atom is 0.129 e. The van der Waals surface area contributed by atoms with Gasteiger partial charge in [-0.3, -0.25) is 4.90 Å². The molecule has 0 saturated carbocycles. The molecule has 2 atom stereocenters. The Morgan fingerprint density at radius 1 is 1.35 bits per heavy atom. The Morgan fingerprint density at radius 3 is 2.80 bits per heavy atom. The quantitative estimate of drug-likeness (QED) is 0.847. The summed E-state index contributed by atoms with van der Waals surface area (Å²) in [6, 6.07) is 7.70. The molecular weight excluding hydrogens is 268 g/mol. The molecule has 0 aromatic heterocycles. The highest BCUT2D eigenvalue weighted by Crippen LogP contribution is 2.22. The molecule has 3 nitrogen and oxygen atoms in total. The van der Waals surface area contributed by atoms with Gasteiger partial charge in [0.15, 0.2) is 0 Å². The van der Waals surface area contributed by atoms with Crippen LogP contribution in [0.25, 0.3) is 0 Å². The Bertz CT molecular complexity index is 464. The van der Waals surface area contributed by atoms with Gasteiger partial charge in [0.1, 0.15) is 17.3 Å². The van der Waals surface area contributed by atoms with E-state index in [1.807, 2.05) is 24.3 Å². The monoisotopic (exact) mass is 292 g/mol. The molecule has 4 heteroatoms. The van der Waals surface area contributed by atoms with Gasteiger partial charge in [-0.05, 0) is 36.9 Å². The fourth-order valence-corrected chi connectivity index (χ4v) is 2.80. The first kappa shape index (κ1) is 15.3. The van der Waals surface area contributed by atoms with Gasteiger partial charge in [0, 0.05) is 13.1 Å². The molecule has 110 valence electrons. The van der Waals surface area contributed by atoms with Gasteiger partial charge in [-0.1, -0.05) is 38.2 Å². The zero-order chi connectivity index (χ0) is 14.5. The molecular formula is C16H24N2OS. The van der Waals surface area contributed by atoms with Crippen molar-refractivity contribution in [1.29, 1.82) is 0 Å². The lowest BCUT2D eigenvalue weighted by Crippen LogP contribution is -2.40. The molecule has 20 heavy (non-hydrogen) atoms. The topological polar surface area (TPSA) is 38.5 Å². The molecule has 2 N–H and O–H groups in total. The van der Waals surface area contributed by atoms with Gasteiger partial charge in [0.05, 0.1) is 5.56 Å². The van der Waals surface area contributed by atoms with E-state index in [0.717, 1.165) is 29.7 Å². The Labute approximate surface area is 127 Å². The number of nitrogens with zero attached hydrogens (tertiary/aromatic N) is 1. The Morgan fingerprint density at radius 2 is 2.10 bits per heavy atom. The average molecular weight is 292 g/mol. The van der Waals surface area contributed by atoms with Crippen LogP contribution in [-0.2, 0) is 0 Å². The highest BCUT2D eigenvalue weighted by atomic mass is 32.1. The molecule has 1 aliphatic heterocycles. The average Bonchev–Trinajstić information content (AvgIpc) is 2.43. The zero-order valence-corrected chi connectivity index (χ0v) is 13.2. The van der Waals surface area contributed by atoms with Crippen LogP contribution in [0.4, 0.5) is 0 Å². The van der Waals surface area contributed by atoms with Gasteiger partial charge in [0.25, 0.3) is 0 Å². The minimum Gasteiger partial charge on any atom is -0.492 e. The summed E-state index contributed by atoms with van der Waals surface area (Å²) in [6.07, 6.45) is 1.28. The van der Waals surface area contributed by atoms with Crippen LogP contribution in [0.15, 0.2) is 24.3 Å². The Kier molecular flexibility index (Phi) is 5.38. The van der Waals surface area contributed by atoms with E-state index in [2.05, 4.69) is 18.7 Å². The van der Waals surface area contributed by atoms with Crippen LogP contribution in [0.2, 0.25) is 0 Å². The molecule has 0 bridgehead atoms. The number of ether oxygens (including phenoxy) is 1. The van der Waals surface area contributed by atoms with E-state index in [-0.39, 0.29) is 0 Å². The molecule has 2 rings (SSSR count). The second-order valence-electron chi connectivity index (χ2n) is 5.75. The minimum absolute atomic E-state index is 0.390. The Hall–Kier alpha value is -1.13. The van der Waals surface area contributed by atoms with E-state index in [9.17, 15) is 0 Å². The van der Waals surface area contributed by atoms with Gasteiger partial charge >= 0.3 is 0 Å². The van der Waals surface area contributed by atoms with Crippen molar-refractivity contribution >= 4 is 17.2 Å². The maximum atomic E-state index is 5.85. The number of hydrogen-bond acceptors (Lipinski definition) is 3. The fraction of sp³-hybridized carbons (Fsp3) is 0.562. The lowest BCUT2D eigenvalue weighted by Gasteiger charge is -2.35. The first-order valence-corrected chi connectivity index (χ1v) is 7.72. The van der Waals surface area contributed by atoms with Crippen molar-refractivity contribution in [3.8, 4) is 5.75 Å². The highest BCUT2D eigenvalue weighted by molar-refractivity contribution is 7.80. The molecule has 0 radical (unpaired) electrons. The van der Waals surface area contributed by atoms with E-state index >= 15 is 0 Å². The van der Waals surface area contributed by atoms with Gasteiger partial charge in [-0.25, -0.2) is 0 Å². The lowest BCUT2D eigenvalue weighted by molar-refractivity contribution is 0.119. The zero-order valence-electron chi connectivity index (χ0n) is 12.3. The van der Waals surface area contributed by atoms with Crippen LogP contribution < -0.4 is 10.5 Å². The van der Waals surface area contributed by atoms with Crippen LogP contribution >= 0.6 is 12.2 Å². The third-order valence-electron chi connectivity index (χ3n) is 4.24. The molecule has 1 aliphatic rings. The van der Waals surface area contributed by atoms with Crippen LogP contribution in [0, 0.1) is 11.8 Å². The third kappa shape index (κ3) is 3.93. The smallest absolute Gasteiger partial charge is 0.129 e. The number of piperidine rings is 1. The van der Waals surface area contributed by atoms with E-state index in [1.165, 1.54) is 19.5 Å². The molecule has 1 aromatic rings. The van der Waals surface area contributed by atoms with Crippen molar-refractivity contribution in [3.63, 3.8) is 0 Å². The summed E-state index contributed by atoms with van der Waals surface area (Å²) >= 11 is 5.04. The summed E-state index contributed by atoms with van der Waals surface area (Å²) in [5.74, 6) is 2.40. The second-order valence-corrected chi connectivity index (χ2v) is 6.19. The van der Waals surface area contributed by atoms with Crippen molar-refractivity contribution in [2.45, 2.75) is 20.3 Å². The minimum atomic E-state index is 0.390. The molecule has 0 aliphatic carbocycles. The van der Waals surface area contributed by atoms with Gasteiger partial charge in [-0.15, -0.1) is 0 Å². The molecule has 2 unspecified atom stereocenters. The van der Waals surface area contributed by atoms with Crippen LogP contribution in [0.1, 0.15) is 25.8 Å². The molecule has 1 heterocycles. The number of likely N-dealkylation sites (tertiary alicyclic amines) is 1. The summed E-state index contributed by atoms with van der Waals surface area (Å²) in [5.41, 5.74) is 6.53. The summed E-state index contributed by atoms with van der Waals surface area (Å²) in [7, 11) is 0. The van der Waals surface area contributed by atoms with Crippen molar-refractivity contribution in [1.82, 2.24) is 4.90 Å². The predicted octanol–water partition coefficient (Wildman–Crippen LogP) is 2.68. The van der Waals surface area contributed by atoms with Crippen molar-refractivity contribution in [2.24, 2.45) is 17.6 Å². The molecule has 1 fully saturated rings. The number of nitrogens with two attached hydrogens (primary N) is 1. The van der Waals surface area contributed by atoms with Gasteiger partial charge in [0.2, 0.25) is 0 Å². The number of para-hydroxylation sites is 1. The maximum absolute atomic E-state index is 5.85.